The van der Waals surface area contributed by atoms with E-state index >= 15 is 0 Å². The lowest BCUT2D eigenvalue weighted by molar-refractivity contribution is -0.185. The van der Waals surface area contributed by atoms with Crippen molar-refractivity contribution in [2.75, 3.05) is 7.11 Å². The van der Waals surface area contributed by atoms with Crippen LogP contribution in [0.25, 0.3) is 0 Å². The minimum atomic E-state index is -0.468. The smallest absolute Gasteiger partial charge is 0.0622 e. The Balaban J connectivity index is 1.70. The summed E-state index contributed by atoms with van der Waals surface area (Å²) < 4.78 is 6.14. The number of aliphatic hydroxyl groups is 1. The summed E-state index contributed by atoms with van der Waals surface area (Å²) >= 11 is 0. The lowest BCUT2D eigenvalue weighted by Crippen LogP contribution is -2.59. The molecule has 25 heavy (non-hydrogen) atoms. The van der Waals surface area contributed by atoms with E-state index in [-0.39, 0.29) is 0 Å². The van der Waals surface area contributed by atoms with Crippen LogP contribution in [0.4, 0.5) is 0 Å². The molecular formula is C23H38O2. The van der Waals surface area contributed by atoms with Crippen LogP contribution in [-0.4, -0.2) is 23.9 Å². The number of hydrogen-bond acceptors (Lipinski definition) is 2. The predicted octanol–water partition coefficient (Wildman–Crippen LogP) is 5.35. The molecule has 0 unspecified atom stereocenters. The maximum absolute atomic E-state index is 10.7. The quantitative estimate of drug-likeness (QED) is 0.648. The number of allylic oxidation sites excluding steroid dienone is 2. The number of methoxy groups -OCH3 is 1. The molecule has 1 N–H and O–H groups in total. The van der Waals surface area contributed by atoms with Gasteiger partial charge >= 0.3 is 0 Å². The molecule has 4 aliphatic rings. The zero-order valence-electron chi connectivity index (χ0n) is 17.0. The van der Waals surface area contributed by atoms with Crippen molar-refractivity contribution in [1.29, 1.82) is 0 Å². The van der Waals surface area contributed by atoms with Crippen LogP contribution in [0, 0.1) is 34.5 Å². The number of ether oxygens (including phenoxy) is 1. The highest BCUT2D eigenvalue weighted by Gasteiger charge is 2.62. The first kappa shape index (κ1) is 18.0. The summed E-state index contributed by atoms with van der Waals surface area (Å²) in [6.07, 6.45) is 12.5. The van der Waals surface area contributed by atoms with Crippen LogP contribution in [0.2, 0.25) is 0 Å². The van der Waals surface area contributed by atoms with Crippen molar-refractivity contribution in [3.05, 3.63) is 11.6 Å². The van der Waals surface area contributed by atoms with E-state index < -0.39 is 5.60 Å². The molecule has 4 saturated carbocycles. The number of fused-ring (bicyclic) bond motifs is 5. The van der Waals surface area contributed by atoms with E-state index in [0.29, 0.717) is 28.8 Å². The first-order chi connectivity index (χ1) is 11.7. The molecule has 4 aliphatic carbocycles. The van der Waals surface area contributed by atoms with E-state index in [0.717, 1.165) is 31.1 Å². The van der Waals surface area contributed by atoms with Gasteiger partial charge in [0.1, 0.15) is 0 Å². The fraction of sp³-hybridized carbons (Fsp3) is 0.913. The Bertz CT molecular complexity index is 564. The molecule has 4 fully saturated rings. The van der Waals surface area contributed by atoms with Gasteiger partial charge in [0.05, 0.1) is 11.7 Å². The molecule has 0 heterocycles. The average molecular weight is 347 g/mol. The Morgan fingerprint density at radius 3 is 2.52 bits per heavy atom. The second-order valence-electron chi connectivity index (χ2n) is 10.5. The van der Waals surface area contributed by atoms with Crippen LogP contribution >= 0.6 is 0 Å². The molecule has 0 spiro atoms. The summed E-state index contributed by atoms with van der Waals surface area (Å²) in [6.45, 7) is 9.39. The molecule has 8 atom stereocenters. The van der Waals surface area contributed by atoms with Gasteiger partial charge in [0.15, 0.2) is 0 Å². The summed E-state index contributed by atoms with van der Waals surface area (Å²) in [5.41, 5.74) is 2.06. The van der Waals surface area contributed by atoms with Crippen LogP contribution in [0.15, 0.2) is 11.6 Å². The Labute approximate surface area is 154 Å². The molecule has 4 rings (SSSR count). The highest BCUT2D eigenvalue weighted by atomic mass is 16.5. The highest BCUT2D eigenvalue weighted by Crippen LogP contribution is 2.68. The Morgan fingerprint density at radius 1 is 1.08 bits per heavy atom. The summed E-state index contributed by atoms with van der Waals surface area (Å²) in [5, 5.41) is 10.7. The third kappa shape index (κ3) is 2.50. The Morgan fingerprint density at radius 2 is 1.84 bits per heavy atom. The van der Waals surface area contributed by atoms with Gasteiger partial charge in [0, 0.05) is 7.11 Å². The van der Waals surface area contributed by atoms with Crippen LogP contribution in [0.5, 0.6) is 0 Å². The van der Waals surface area contributed by atoms with Crippen LogP contribution in [0.1, 0.15) is 79.1 Å². The van der Waals surface area contributed by atoms with Crippen molar-refractivity contribution >= 4 is 0 Å². The first-order valence-corrected chi connectivity index (χ1v) is 10.7. The van der Waals surface area contributed by atoms with E-state index in [1.807, 2.05) is 14.0 Å². The van der Waals surface area contributed by atoms with Crippen molar-refractivity contribution in [2.24, 2.45) is 34.5 Å². The lowest BCUT2D eigenvalue weighted by Gasteiger charge is -2.63. The standard InChI is InChI=1S/C23H38O2/c1-6-15-7-8-17-20-18(9-10-22(15,17)3)23(4)12-11-21(2,24)14-16(23)13-19(20)25-5/h6,16-20,24H,7-14H2,1-5H3/b15-6-/t16-,17-,18-,19-,20-,21+,22+,23-/m0/s1. The molecule has 0 amide bonds. The molecule has 0 saturated heterocycles. The SMILES string of the molecule is C/C=C1/CC[C@H]2[C@@H]3[C@@H](OC)C[C@H]4C[C@](C)(O)CC[C@]4(C)[C@H]3CC[C@]12C. The first-order valence-electron chi connectivity index (χ1n) is 10.7. The fourth-order valence-electron chi connectivity index (χ4n) is 7.95. The molecule has 0 aromatic rings. The highest BCUT2D eigenvalue weighted by molar-refractivity contribution is 5.24. The largest absolute Gasteiger partial charge is 0.390 e. The van der Waals surface area contributed by atoms with Crippen LogP contribution in [0.3, 0.4) is 0 Å². The molecule has 2 nitrogen and oxygen atoms in total. The monoisotopic (exact) mass is 346 g/mol. The second kappa shape index (κ2) is 5.83. The van der Waals surface area contributed by atoms with Gasteiger partial charge in [0.2, 0.25) is 0 Å². The summed E-state index contributed by atoms with van der Waals surface area (Å²) in [6, 6.07) is 0. The average Bonchev–Trinajstić information content (AvgIpc) is 2.91. The summed E-state index contributed by atoms with van der Waals surface area (Å²) in [4.78, 5) is 0. The fourth-order valence-corrected chi connectivity index (χ4v) is 7.95. The van der Waals surface area contributed by atoms with Gasteiger partial charge in [-0.1, -0.05) is 25.5 Å². The summed E-state index contributed by atoms with van der Waals surface area (Å²) in [5.74, 6) is 2.91. The minimum absolute atomic E-state index is 0.387. The van der Waals surface area contributed by atoms with Crippen molar-refractivity contribution in [3.8, 4) is 0 Å². The van der Waals surface area contributed by atoms with Crippen LogP contribution < -0.4 is 0 Å². The van der Waals surface area contributed by atoms with E-state index in [1.54, 1.807) is 5.57 Å². The molecule has 2 heteroatoms. The van der Waals surface area contributed by atoms with Gasteiger partial charge in [-0.3, -0.25) is 0 Å². The molecule has 0 aromatic carbocycles. The zero-order chi connectivity index (χ0) is 18.0. The van der Waals surface area contributed by atoms with Crippen LogP contribution in [-0.2, 0) is 4.74 Å². The molecular weight excluding hydrogens is 308 g/mol. The lowest BCUT2D eigenvalue weighted by atomic mass is 9.43. The maximum Gasteiger partial charge on any atom is 0.0622 e. The van der Waals surface area contributed by atoms with Gasteiger partial charge in [-0.05, 0) is 99.7 Å². The minimum Gasteiger partial charge on any atom is -0.390 e. The van der Waals surface area contributed by atoms with Crippen molar-refractivity contribution < 1.29 is 9.84 Å². The third-order valence-electron chi connectivity index (χ3n) is 9.45. The van der Waals surface area contributed by atoms with Gasteiger partial charge < -0.3 is 9.84 Å². The Kier molecular flexibility index (Phi) is 4.21. The number of rotatable bonds is 1. The van der Waals surface area contributed by atoms with Crippen molar-refractivity contribution in [1.82, 2.24) is 0 Å². The predicted molar refractivity (Wildman–Crippen MR) is 102 cm³/mol. The van der Waals surface area contributed by atoms with Crippen molar-refractivity contribution in [2.45, 2.75) is 90.8 Å². The normalized spacial score (nSPS) is 57.0. The molecule has 0 bridgehead atoms. The molecule has 0 aliphatic heterocycles. The van der Waals surface area contributed by atoms with Gasteiger partial charge in [-0.2, -0.15) is 0 Å². The van der Waals surface area contributed by atoms with Gasteiger partial charge in [0.25, 0.3) is 0 Å². The van der Waals surface area contributed by atoms with Gasteiger partial charge in [-0.25, -0.2) is 0 Å². The van der Waals surface area contributed by atoms with Gasteiger partial charge in [-0.15, -0.1) is 0 Å². The molecule has 142 valence electrons. The molecule has 0 aromatic heterocycles. The topological polar surface area (TPSA) is 29.5 Å². The van der Waals surface area contributed by atoms with E-state index in [1.165, 1.54) is 32.1 Å². The van der Waals surface area contributed by atoms with E-state index in [9.17, 15) is 5.11 Å². The van der Waals surface area contributed by atoms with Crippen molar-refractivity contribution in [3.63, 3.8) is 0 Å². The number of hydrogen-bond donors (Lipinski definition) is 1. The maximum atomic E-state index is 10.7. The zero-order valence-corrected chi connectivity index (χ0v) is 17.0. The van der Waals surface area contributed by atoms with E-state index in [2.05, 4.69) is 26.8 Å². The Hall–Kier alpha value is -0.340. The third-order valence-corrected chi connectivity index (χ3v) is 9.45. The second-order valence-corrected chi connectivity index (χ2v) is 10.5. The van der Waals surface area contributed by atoms with E-state index in [4.69, 9.17) is 4.74 Å². The molecule has 0 radical (unpaired) electrons. The summed E-state index contributed by atoms with van der Waals surface area (Å²) in [7, 11) is 1.93.